The highest BCUT2D eigenvalue weighted by atomic mass is 14.7. The highest BCUT2D eigenvalue weighted by molar-refractivity contribution is 5.63. The number of hydrogen-bond donors (Lipinski definition) is 0. The Labute approximate surface area is 67.9 Å². The Kier molecular flexibility index (Phi) is 2.28. The number of aliphatic imine (C=N–C) groups is 1. The minimum absolute atomic E-state index is 0.156. The number of rotatable bonds is 1. The van der Waals surface area contributed by atoms with E-state index in [1.54, 1.807) is 0 Å². The minimum Gasteiger partial charge on any atom is -0.297 e. The van der Waals surface area contributed by atoms with Gasteiger partial charge in [0.25, 0.3) is 0 Å². The number of nitrogens with zero attached hydrogens (tertiary/aromatic N) is 2. The lowest BCUT2D eigenvalue weighted by molar-refractivity contribution is 0.304. The third-order valence-electron chi connectivity index (χ3n) is 2.56. The fourth-order valence-electron chi connectivity index (χ4n) is 1.54. The second-order valence-corrected chi connectivity index (χ2v) is 3.35. The third kappa shape index (κ3) is 1.42. The zero-order chi connectivity index (χ0) is 8.32. The molecule has 1 rings (SSSR count). The van der Waals surface area contributed by atoms with E-state index in [-0.39, 0.29) is 5.41 Å². The molecule has 0 radical (unpaired) electrons. The molecule has 0 aromatic carbocycles. The van der Waals surface area contributed by atoms with Crippen molar-refractivity contribution in [2.75, 3.05) is 6.54 Å². The van der Waals surface area contributed by atoms with Crippen molar-refractivity contribution >= 4 is 6.21 Å². The summed E-state index contributed by atoms with van der Waals surface area (Å²) in [5, 5.41) is 8.94. The molecule has 1 heterocycles. The summed E-state index contributed by atoms with van der Waals surface area (Å²) in [6, 6.07) is 2.39. The largest absolute Gasteiger partial charge is 0.297 e. The van der Waals surface area contributed by atoms with Gasteiger partial charge in [-0.2, -0.15) is 5.26 Å². The average molecular weight is 150 g/mol. The van der Waals surface area contributed by atoms with Gasteiger partial charge in [-0.25, -0.2) is 0 Å². The van der Waals surface area contributed by atoms with Gasteiger partial charge in [-0.1, -0.05) is 6.92 Å². The molecule has 0 aromatic rings. The third-order valence-corrected chi connectivity index (χ3v) is 2.56. The maximum atomic E-state index is 8.94. The van der Waals surface area contributed by atoms with Crippen LogP contribution in [0.15, 0.2) is 4.99 Å². The van der Waals surface area contributed by atoms with Gasteiger partial charge in [-0.05, 0) is 19.8 Å². The van der Waals surface area contributed by atoms with Crippen LogP contribution in [0.4, 0.5) is 0 Å². The summed E-state index contributed by atoms with van der Waals surface area (Å²) in [6.07, 6.45) is 3.89. The lowest BCUT2D eigenvalue weighted by Crippen LogP contribution is -2.30. The van der Waals surface area contributed by atoms with Gasteiger partial charge in [0.15, 0.2) is 0 Å². The van der Waals surface area contributed by atoms with Crippen molar-refractivity contribution in [2.45, 2.75) is 26.7 Å². The topological polar surface area (TPSA) is 36.1 Å². The zero-order valence-electron chi connectivity index (χ0n) is 7.17. The van der Waals surface area contributed by atoms with E-state index < -0.39 is 0 Å². The fourth-order valence-corrected chi connectivity index (χ4v) is 1.54. The molecule has 1 aliphatic heterocycles. The Bertz CT molecular complexity index is 202. The fraction of sp³-hybridized carbons (Fsp3) is 0.778. The van der Waals surface area contributed by atoms with Crippen molar-refractivity contribution in [3.8, 4) is 6.07 Å². The van der Waals surface area contributed by atoms with Crippen molar-refractivity contribution in [1.29, 1.82) is 5.26 Å². The smallest absolute Gasteiger partial charge is 0.0694 e. The lowest BCUT2D eigenvalue weighted by Gasteiger charge is -2.30. The Morgan fingerprint density at radius 1 is 1.82 bits per heavy atom. The second-order valence-electron chi connectivity index (χ2n) is 3.35. The first-order chi connectivity index (χ1) is 5.23. The Hall–Kier alpha value is -0.840. The summed E-state index contributed by atoms with van der Waals surface area (Å²) >= 11 is 0. The van der Waals surface area contributed by atoms with E-state index in [0.717, 1.165) is 19.4 Å². The van der Waals surface area contributed by atoms with Gasteiger partial charge < -0.3 is 0 Å². The molecule has 11 heavy (non-hydrogen) atoms. The lowest BCUT2D eigenvalue weighted by atomic mass is 9.74. The minimum atomic E-state index is -0.156. The summed E-state index contributed by atoms with van der Waals surface area (Å²) in [4.78, 5) is 4.20. The normalized spacial score (nSPS) is 36.6. The molecule has 2 unspecified atom stereocenters. The van der Waals surface area contributed by atoms with Gasteiger partial charge >= 0.3 is 0 Å². The van der Waals surface area contributed by atoms with Crippen molar-refractivity contribution in [1.82, 2.24) is 0 Å². The first-order valence-corrected chi connectivity index (χ1v) is 4.14. The Balaban J connectivity index is 2.80. The molecule has 0 saturated heterocycles. The molecule has 2 heteroatoms. The molecule has 1 aliphatic rings. The van der Waals surface area contributed by atoms with Crippen LogP contribution in [0.2, 0.25) is 0 Å². The molecule has 0 amide bonds. The molecule has 2 nitrogen and oxygen atoms in total. The summed E-state index contributed by atoms with van der Waals surface area (Å²) in [5.74, 6) is 0.362. The highest BCUT2D eigenvalue weighted by Gasteiger charge is 2.33. The van der Waals surface area contributed by atoms with Crippen LogP contribution in [0.1, 0.15) is 26.7 Å². The summed E-state index contributed by atoms with van der Waals surface area (Å²) in [5.41, 5.74) is -0.156. The van der Waals surface area contributed by atoms with Crippen LogP contribution in [0, 0.1) is 22.7 Å². The maximum absolute atomic E-state index is 8.94. The SMILES string of the molecule is CCC1C=NCCC1(C)C#N. The van der Waals surface area contributed by atoms with Crippen LogP contribution < -0.4 is 0 Å². The van der Waals surface area contributed by atoms with Gasteiger partial charge in [0.05, 0.1) is 11.5 Å². The Morgan fingerprint density at radius 3 is 3.00 bits per heavy atom. The quantitative estimate of drug-likeness (QED) is 0.563. The van der Waals surface area contributed by atoms with E-state index in [1.807, 2.05) is 13.1 Å². The van der Waals surface area contributed by atoms with Gasteiger partial charge in [0.2, 0.25) is 0 Å². The zero-order valence-corrected chi connectivity index (χ0v) is 7.17. The van der Waals surface area contributed by atoms with Crippen molar-refractivity contribution in [3.63, 3.8) is 0 Å². The standard InChI is InChI=1S/C9H14N2/c1-3-8-6-11-5-4-9(8,2)7-10/h6,8H,3-5H2,1-2H3. The number of nitriles is 1. The van der Waals surface area contributed by atoms with Crippen molar-refractivity contribution < 1.29 is 0 Å². The molecular formula is C9H14N2. The molecule has 0 spiro atoms. The van der Waals surface area contributed by atoms with Crippen molar-refractivity contribution in [2.24, 2.45) is 16.3 Å². The van der Waals surface area contributed by atoms with Gasteiger partial charge in [-0.3, -0.25) is 4.99 Å². The second kappa shape index (κ2) is 3.04. The molecule has 0 aliphatic carbocycles. The van der Waals surface area contributed by atoms with Crippen molar-refractivity contribution in [3.05, 3.63) is 0 Å². The van der Waals surface area contributed by atoms with Gasteiger partial charge in [0, 0.05) is 18.7 Å². The predicted octanol–water partition coefficient (Wildman–Crippen LogP) is 2.02. The molecule has 60 valence electrons. The van der Waals surface area contributed by atoms with Crippen LogP contribution in [-0.2, 0) is 0 Å². The van der Waals surface area contributed by atoms with Gasteiger partial charge in [-0.15, -0.1) is 0 Å². The van der Waals surface area contributed by atoms with Gasteiger partial charge in [0.1, 0.15) is 0 Å². The molecular weight excluding hydrogens is 136 g/mol. The van der Waals surface area contributed by atoms with E-state index in [9.17, 15) is 0 Å². The summed E-state index contributed by atoms with van der Waals surface area (Å²) in [7, 11) is 0. The predicted molar refractivity (Wildman–Crippen MR) is 45.5 cm³/mol. The Morgan fingerprint density at radius 2 is 2.55 bits per heavy atom. The van der Waals surface area contributed by atoms with E-state index in [4.69, 9.17) is 5.26 Å². The monoisotopic (exact) mass is 150 g/mol. The molecule has 2 atom stereocenters. The van der Waals surface area contributed by atoms with Crippen LogP contribution in [-0.4, -0.2) is 12.8 Å². The maximum Gasteiger partial charge on any atom is 0.0694 e. The average Bonchev–Trinajstić information content (AvgIpc) is 2.05. The summed E-state index contributed by atoms with van der Waals surface area (Å²) in [6.45, 7) is 4.96. The van der Waals surface area contributed by atoms with E-state index in [0.29, 0.717) is 5.92 Å². The first kappa shape index (κ1) is 8.26. The van der Waals surface area contributed by atoms with Crippen LogP contribution in [0.25, 0.3) is 0 Å². The van der Waals surface area contributed by atoms with Crippen LogP contribution in [0.3, 0.4) is 0 Å². The first-order valence-electron chi connectivity index (χ1n) is 4.14. The molecule has 0 saturated carbocycles. The van der Waals surface area contributed by atoms with E-state index >= 15 is 0 Å². The molecule has 0 N–H and O–H groups in total. The molecule has 0 bridgehead atoms. The number of hydrogen-bond acceptors (Lipinski definition) is 2. The van der Waals surface area contributed by atoms with E-state index in [2.05, 4.69) is 18.0 Å². The van der Waals surface area contributed by atoms with E-state index in [1.165, 1.54) is 0 Å². The van der Waals surface area contributed by atoms with Crippen LogP contribution >= 0.6 is 0 Å². The molecule has 0 aromatic heterocycles. The molecule has 0 fully saturated rings. The van der Waals surface area contributed by atoms with Crippen LogP contribution in [0.5, 0.6) is 0 Å². The highest BCUT2D eigenvalue weighted by Crippen LogP contribution is 2.33. The summed E-state index contributed by atoms with van der Waals surface area (Å²) < 4.78 is 0.